The Morgan fingerprint density at radius 1 is 1.25 bits per heavy atom. The number of amides is 1. The molecular weight excluding hydrogens is 278 g/mol. The molecule has 0 fully saturated rings. The monoisotopic (exact) mass is 299 g/mol. The van der Waals surface area contributed by atoms with Gasteiger partial charge in [-0.1, -0.05) is 18.3 Å². The molecule has 1 aromatic heterocycles. The van der Waals surface area contributed by atoms with Crippen molar-refractivity contribution in [2.45, 2.75) is 59.1 Å². The van der Waals surface area contributed by atoms with E-state index in [1.807, 2.05) is 13.8 Å². The predicted molar refractivity (Wildman–Crippen MR) is 76.8 cm³/mol. The molecule has 0 aromatic carbocycles. The molecule has 6 nitrogen and oxygen atoms in total. The Hall–Kier alpha value is -1.50. The van der Waals surface area contributed by atoms with E-state index >= 15 is 0 Å². The lowest BCUT2D eigenvalue weighted by Crippen LogP contribution is -2.42. The molecule has 1 rings (SSSR count). The quantitative estimate of drug-likeness (QED) is 0.861. The zero-order valence-electron chi connectivity index (χ0n) is 12.7. The Morgan fingerprint density at radius 3 is 2.35 bits per heavy atom. The first-order valence-corrected chi connectivity index (χ1v) is 7.25. The summed E-state index contributed by atoms with van der Waals surface area (Å²) in [5.41, 5.74) is 0.0643. The summed E-state index contributed by atoms with van der Waals surface area (Å²) in [4.78, 5) is 24.4. The number of nitrogens with zero attached hydrogens (tertiary/aromatic N) is 2. The highest BCUT2D eigenvalue weighted by Crippen LogP contribution is 2.19. The number of carbonyl (C=O) groups excluding carboxylic acids is 2. The van der Waals surface area contributed by atoms with E-state index in [0.29, 0.717) is 10.6 Å². The van der Waals surface area contributed by atoms with Gasteiger partial charge in [0, 0.05) is 0 Å². The van der Waals surface area contributed by atoms with Crippen LogP contribution in [-0.4, -0.2) is 33.1 Å². The number of carbonyl (C=O) groups is 2. The van der Waals surface area contributed by atoms with Gasteiger partial charge in [0.05, 0.1) is 5.69 Å². The molecule has 0 saturated carbocycles. The number of esters is 1. The maximum atomic E-state index is 12.1. The van der Waals surface area contributed by atoms with Crippen molar-refractivity contribution in [3.05, 3.63) is 10.6 Å². The molecule has 0 radical (unpaired) electrons. The summed E-state index contributed by atoms with van der Waals surface area (Å²) >= 11 is 1.03. The Morgan fingerprint density at radius 2 is 1.85 bits per heavy atom. The topological polar surface area (TPSA) is 81.2 Å². The molecule has 0 spiro atoms. The van der Waals surface area contributed by atoms with Crippen molar-refractivity contribution >= 4 is 23.4 Å². The molecule has 1 atom stereocenters. The van der Waals surface area contributed by atoms with Crippen LogP contribution in [0.15, 0.2) is 0 Å². The molecular formula is C13H21N3O3S. The van der Waals surface area contributed by atoms with Crippen LogP contribution in [0.5, 0.6) is 0 Å². The van der Waals surface area contributed by atoms with Gasteiger partial charge in [0.2, 0.25) is 0 Å². The normalized spacial score (nSPS) is 13.2. The van der Waals surface area contributed by atoms with Crippen LogP contribution in [0, 0.1) is 0 Å². The lowest BCUT2D eigenvalue weighted by molar-refractivity contribution is -0.156. The van der Waals surface area contributed by atoms with Crippen molar-refractivity contribution in [3.8, 4) is 0 Å². The summed E-state index contributed by atoms with van der Waals surface area (Å²) in [5, 5.41) is 6.56. The van der Waals surface area contributed by atoms with Gasteiger partial charge in [0.15, 0.2) is 0 Å². The molecule has 112 valence electrons. The molecule has 0 bridgehead atoms. The third-order valence-corrected chi connectivity index (χ3v) is 3.11. The summed E-state index contributed by atoms with van der Waals surface area (Å²) in [7, 11) is 0. The van der Waals surface area contributed by atoms with E-state index in [4.69, 9.17) is 4.74 Å². The van der Waals surface area contributed by atoms with Crippen LogP contribution in [0.1, 0.15) is 62.8 Å². The Labute approximate surface area is 123 Å². The fourth-order valence-corrected chi connectivity index (χ4v) is 2.17. The van der Waals surface area contributed by atoms with Gasteiger partial charge in [0.1, 0.15) is 16.5 Å². The zero-order valence-corrected chi connectivity index (χ0v) is 13.5. The van der Waals surface area contributed by atoms with E-state index < -0.39 is 17.6 Å². The highest BCUT2D eigenvalue weighted by atomic mass is 32.1. The molecule has 0 aliphatic rings. The van der Waals surface area contributed by atoms with Crippen molar-refractivity contribution in [2.75, 3.05) is 0 Å². The van der Waals surface area contributed by atoms with Crippen LogP contribution in [0.2, 0.25) is 0 Å². The highest BCUT2D eigenvalue weighted by Gasteiger charge is 2.25. The van der Waals surface area contributed by atoms with Gasteiger partial charge in [-0.25, -0.2) is 4.79 Å². The first kappa shape index (κ1) is 16.6. The predicted octanol–water partition coefficient (Wildman–Crippen LogP) is 2.12. The average Bonchev–Trinajstić information content (AvgIpc) is 2.75. The van der Waals surface area contributed by atoms with Crippen LogP contribution in [0.3, 0.4) is 0 Å². The Bertz CT molecular complexity index is 491. The van der Waals surface area contributed by atoms with Crippen LogP contribution < -0.4 is 5.32 Å². The van der Waals surface area contributed by atoms with Gasteiger partial charge in [-0.15, -0.1) is 5.10 Å². The second-order valence-corrected chi connectivity index (χ2v) is 6.62. The van der Waals surface area contributed by atoms with Gasteiger partial charge >= 0.3 is 5.97 Å². The third kappa shape index (κ3) is 4.56. The summed E-state index contributed by atoms with van der Waals surface area (Å²) in [6, 6.07) is -0.719. The van der Waals surface area contributed by atoms with E-state index in [-0.39, 0.29) is 11.8 Å². The fourth-order valence-electron chi connectivity index (χ4n) is 1.44. The molecule has 0 aliphatic carbocycles. The van der Waals surface area contributed by atoms with Crippen molar-refractivity contribution in [3.63, 3.8) is 0 Å². The SMILES string of the molecule is CC(C)c1nnsc1C(=O)N[C@H](C)C(=O)OC(C)(C)C. The lowest BCUT2D eigenvalue weighted by atomic mass is 10.1. The van der Waals surface area contributed by atoms with Crippen LogP contribution in [0.4, 0.5) is 0 Å². The van der Waals surface area contributed by atoms with Crippen LogP contribution in [0.25, 0.3) is 0 Å². The fraction of sp³-hybridized carbons (Fsp3) is 0.692. The van der Waals surface area contributed by atoms with Crippen LogP contribution >= 0.6 is 11.5 Å². The molecule has 7 heteroatoms. The van der Waals surface area contributed by atoms with Crippen molar-refractivity contribution in [2.24, 2.45) is 0 Å². The molecule has 0 unspecified atom stereocenters. The molecule has 1 heterocycles. The van der Waals surface area contributed by atoms with E-state index in [1.165, 1.54) is 0 Å². The zero-order chi connectivity index (χ0) is 15.5. The highest BCUT2D eigenvalue weighted by molar-refractivity contribution is 7.08. The van der Waals surface area contributed by atoms with Gasteiger partial charge in [-0.05, 0) is 45.1 Å². The van der Waals surface area contributed by atoms with Gasteiger partial charge < -0.3 is 10.1 Å². The first-order chi connectivity index (χ1) is 9.11. The van der Waals surface area contributed by atoms with E-state index in [0.717, 1.165) is 11.5 Å². The Kier molecular flexibility index (Phi) is 5.21. The minimum atomic E-state index is -0.719. The maximum Gasteiger partial charge on any atom is 0.328 e. The summed E-state index contributed by atoms with van der Waals surface area (Å²) < 4.78 is 9.00. The van der Waals surface area contributed by atoms with Crippen molar-refractivity contribution < 1.29 is 14.3 Å². The standard InChI is InChI=1S/C13H21N3O3S/c1-7(2)9-10(20-16-15-9)11(17)14-8(3)12(18)19-13(4,5)6/h7-8H,1-6H3,(H,14,17)/t8-/m1/s1. The van der Waals surface area contributed by atoms with Gasteiger partial charge in [-0.3, -0.25) is 4.79 Å². The van der Waals surface area contributed by atoms with E-state index in [2.05, 4.69) is 14.9 Å². The van der Waals surface area contributed by atoms with Crippen molar-refractivity contribution in [1.82, 2.24) is 14.9 Å². The average molecular weight is 299 g/mol. The number of ether oxygens (including phenoxy) is 1. The maximum absolute atomic E-state index is 12.1. The number of nitrogens with one attached hydrogen (secondary N) is 1. The summed E-state index contributed by atoms with van der Waals surface area (Å²) in [6.07, 6.45) is 0. The van der Waals surface area contributed by atoms with Gasteiger partial charge in [-0.2, -0.15) is 0 Å². The summed E-state index contributed by atoms with van der Waals surface area (Å²) in [6.45, 7) is 10.8. The number of hydrogen-bond donors (Lipinski definition) is 1. The molecule has 1 aromatic rings. The van der Waals surface area contributed by atoms with Crippen molar-refractivity contribution in [1.29, 1.82) is 0 Å². The van der Waals surface area contributed by atoms with Crippen LogP contribution in [-0.2, 0) is 9.53 Å². The summed E-state index contributed by atoms with van der Waals surface area (Å²) in [5.74, 6) is -0.706. The minimum absolute atomic E-state index is 0.103. The molecule has 0 aliphatic heterocycles. The second kappa shape index (κ2) is 6.30. The number of hydrogen-bond acceptors (Lipinski definition) is 6. The second-order valence-electron chi connectivity index (χ2n) is 5.87. The molecule has 1 N–H and O–H groups in total. The molecule has 20 heavy (non-hydrogen) atoms. The number of rotatable bonds is 4. The first-order valence-electron chi connectivity index (χ1n) is 6.47. The van der Waals surface area contributed by atoms with E-state index in [1.54, 1.807) is 27.7 Å². The van der Waals surface area contributed by atoms with Gasteiger partial charge in [0.25, 0.3) is 5.91 Å². The lowest BCUT2D eigenvalue weighted by Gasteiger charge is -2.22. The number of aromatic nitrogens is 2. The minimum Gasteiger partial charge on any atom is -0.458 e. The third-order valence-electron chi connectivity index (χ3n) is 2.37. The Balaban J connectivity index is 2.71. The largest absolute Gasteiger partial charge is 0.458 e. The molecule has 0 saturated heterocycles. The van der Waals surface area contributed by atoms with E-state index in [9.17, 15) is 9.59 Å². The molecule has 1 amide bonds. The smallest absolute Gasteiger partial charge is 0.328 e.